The summed E-state index contributed by atoms with van der Waals surface area (Å²) in [5.74, 6) is -0.242. The number of aliphatic hydroxyl groups is 1. The van der Waals surface area contributed by atoms with Gasteiger partial charge in [0.25, 0.3) is 0 Å². The van der Waals surface area contributed by atoms with Crippen molar-refractivity contribution in [3.05, 3.63) is 0 Å². The van der Waals surface area contributed by atoms with Crippen molar-refractivity contribution in [1.82, 2.24) is 0 Å². The van der Waals surface area contributed by atoms with Crippen molar-refractivity contribution in [2.45, 2.75) is 90.8 Å². The average molecular weight is 314 g/mol. The lowest BCUT2D eigenvalue weighted by molar-refractivity contribution is -0.312. The molecule has 2 fully saturated rings. The summed E-state index contributed by atoms with van der Waals surface area (Å²) in [7, 11) is 0. The Morgan fingerprint density at radius 1 is 1.18 bits per heavy atom. The molecule has 22 heavy (non-hydrogen) atoms. The van der Waals surface area contributed by atoms with Crippen molar-refractivity contribution in [3.63, 3.8) is 0 Å². The van der Waals surface area contributed by atoms with Crippen molar-refractivity contribution in [2.75, 3.05) is 13.2 Å². The van der Waals surface area contributed by atoms with Crippen molar-refractivity contribution < 1.29 is 19.3 Å². The molecule has 4 heteroatoms. The van der Waals surface area contributed by atoms with Crippen molar-refractivity contribution in [1.29, 1.82) is 0 Å². The Hall–Kier alpha value is -0.160. The minimum Gasteiger partial charge on any atom is -0.396 e. The van der Waals surface area contributed by atoms with Crippen molar-refractivity contribution in [3.8, 4) is 0 Å². The highest BCUT2D eigenvalue weighted by Gasteiger charge is 2.51. The number of aliphatic hydroxyl groups excluding tert-OH is 1. The Morgan fingerprint density at radius 2 is 1.86 bits per heavy atom. The van der Waals surface area contributed by atoms with Gasteiger partial charge in [-0.3, -0.25) is 0 Å². The average Bonchev–Trinajstić information content (AvgIpc) is 2.45. The summed E-state index contributed by atoms with van der Waals surface area (Å²) in [5, 5.41) is 9.65. The summed E-state index contributed by atoms with van der Waals surface area (Å²) in [5.41, 5.74) is -0.309. The zero-order valence-electron chi connectivity index (χ0n) is 15.1. The maximum atomic E-state index is 9.65. The SMILES string of the molecule is CC(C)(C)O[C@H]1CCC[C@H]2OC(C)(C)OC[C@@H]2[C@]1(C)CCO. The molecule has 0 spiro atoms. The van der Waals surface area contributed by atoms with Gasteiger partial charge in [0.15, 0.2) is 5.79 Å². The van der Waals surface area contributed by atoms with E-state index in [4.69, 9.17) is 14.2 Å². The molecule has 1 aliphatic carbocycles. The zero-order chi connectivity index (χ0) is 16.6. The number of hydrogen-bond acceptors (Lipinski definition) is 4. The van der Waals surface area contributed by atoms with Crippen LogP contribution < -0.4 is 0 Å². The quantitative estimate of drug-likeness (QED) is 0.866. The first kappa shape index (κ1) is 18.2. The van der Waals surface area contributed by atoms with Crippen LogP contribution in [0.2, 0.25) is 0 Å². The maximum Gasteiger partial charge on any atom is 0.163 e. The molecule has 130 valence electrons. The van der Waals surface area contributed by atoms with Crippen molar-refractivity contribution in [2.24, 2.45) is 11.3 Å². The van der Waals surface area contributed by atoms with Crippen LogP contribution in [0.4, 0.5) is 0 Å². The molecule has 1 aliphatic heterocycles. The molecule has 4 nitrogen and oxygen atoms in total. The lowest BCUT2D eigenvalue weighted by atomic mass is 9.68. The van der Waals surface area contributed by atoms with E-state index in [0.29, 0.717) is 6.61 Å². The molecule has 2 rings (SSSR count). The fraction of sp³-hybridized carbons (Fsp3) is 1.00. The Balaban J connectivity index is 2.27. The molecular formula is C18H34O4. The highest BCUT2D eigenvalue weighted by Crippen LogP contribution is 2.49. The monoisotopic (exact) mass is 314 g/mol. The molecule has 0 aromatic carbocycles. The predicted molar refractivity (Wildman–Crippen MR) is 86.7 cm³/mol. The van der Waals surface area contributed by atoms with Crippen LogP contribution >= 0.6 is 0 Å². The highest BCUT2D eigenvalue weighted by molar-refractivity contribution is 4.98. The van der Waals surface area contributed by atoms with Gasteiger partial charge in [0.1, 0.15) is 0 Å². The fourth-order valence-corrected chi connectivity index (χ4v) is 4.03. The molecule has 0 aromatic rings. The molecule has 0 unspecified atom stereocenters. The van der Waals surface area contributed by atoms with E-state index in [1.165, 1.54) is 0 Å². The van der Waals surface area contributed by atoms with Crippen molar-refractivity contribution >= 4 is 0 Å². The predicted octanol–water partition coefficient (Wildman–Crippen LogP) is 3.51. The molecule has 0 bridgehead atoms. The molecule has 0 amide bonds. The van der Waals surface area contributed by atoms with Gasteiger partial charge < -0.3 is 19.3 Å². The third kappa shape index (κ3) is 4.02. The smallest absolute Gasteiger partial charge is 0.163 e. The van der Waals surface area contributed by atoms with Crippen LogP contribution in [0.25, 0.3) is 0 Å². The van der Waals surface area contributed by atoms with Crippen LogP contribution in [-0.2, 0) is 14.2 Å². The second-order valence-electron chi connectivity index (χ2n) is 8.60. The van der Waals surface area contributed by atoms with E-state index < -0.39 is 5.79 Å². The van der Waals surface area contributed by atoms with Gasteiger partial charge in [-0.1, -0.05) is 6.92 Å². The Bertz CT molecular complexity index is 374. The topological polar surface area (TPSA) is 47.9 Å². The van der Waals surface area contributed by atoms with E-state index >= 15 is 0 Å². The standard InChI is InChI=1S/C18H34O4/c1-16(2,3)22-15-9-7-8-14-13(18(15,6)10-11-19)12-20-17(4,5)21-14/h13-15,19H,7-12H2,1-6H3/t13-,14+,15-,18-/m0/s1. The molecule has 1 heterocycles. The highest BCUT2D eigenvalue weighted by atomic mass is 16.7. The molecule has 1 N–H and O–H groups in total. The van der Waals surface area contributed by atoms with Crippen LogP contribution in [0.1, 0.15) is 67.2 Å². The van der Waals surface area contributed by atoms with E-state index in [2.05, 4.69) is 27.7 Å². The first-order valence-electron chi connectivity index (χ1n) is 8.68. The van der Waals surface area contributed by atoms with Gasteiger partial charge in [-0.25, -0.2) is 0 Å². The van der Waals surface area contributed by atoms with E-state index in [0.717, 1.165) is 25.7 Å². The second kappa shape index (κ2) is 6.39. The van der Waals surface area contributed by atoms with Crippen LogP contribution in [0.5, 0.6) is 0 Å². The van der Waals surface area contributed by atoms with Crippen LogP contribution in [0, 0.1) is 11.3 Å². The van der Waals surface area contributed by atoms with Gasteiger partial charge in [-0.15, -0.1) is 0 Å². The summed E-state index contributed by atoms with van der Waals surface area (Å²) in [6.45, 7) is 13.4. The number of rotatable bonds is 3. The zero-order valence-corrected chi connectivity index (χ0v) is 15.1. The number of hydrogen-bond donors (Lipinski definition) is 1. The molecule has 4 atom stereocenters. The minimum absolute atomic E-state index is 0.125. The third-order valence-corrected chi connectivity index (χ3v) is 5.18. The van der Waals surface area contributed by atoms with Gasteiger partial charge in [-0.05, 0) is 60.3 Å². The summed E-state index contributed by atoms with van der Waals surface area (Å²) < 4.78 is 18.6. The normalized spacial score (nSPS) is 39.1. The van der Waals surface area contributed by atoms with Gasteiger partial charge in [0.05, 0.1) is 24.4 Å². The summed E-state index contributed by atoms with van der Waals surface area (Å²) in [4.78, 5) is 0. The Kier molecular flexibility index (Phi) is 5.28. The van der Waals surface area contributed by atoms with Crippen LogP contribution in [0.15, 0.2) is 0 Å². The Labute approximate surface area is 135 Å². The molecule has 0 radical (unpaired) electrons. The number of ether oxygens (including phenoxy) is 3. The molecule has 1 saturated carbocycles. The first-order valence-corrected chi connectivity index (χ1v) is 8.68. The maximum absolute atomic E-state index is 9.65. The Morgan fingerprint density at radius 3 is 2.45 bits per heavy atom. The van der Waals surface area contributed by atoms with Gasteiger partial charge >= 0.3 is 0 Å². The lowest BCUT2D eigenvalue weighted by Crippen LogP contribution is -2.54. The van der Waals surface area contributed by atoms with Gasteiger partial charge in [0, 0.05) is 17.9 Å². The van der Waals surface area contributed by atoms with Crippen LogP contribution in [-0.4, -0.2) is 41.9 Å². The van der Waals surface area contributed by atoms with E-state index in [1.54, 1.807) is 0 Å². The largest absolute Gasteiger partial charge is 0.396 e. The third-order valence-electron chi connectivity index (χ3n) is 5.18. The van der Waals surface area contributed by atoms with Crippen LogP contribution in [0.3, 0.4) is 0 Å². The van der Waals surface area contributed by atoms with Gasteiger partial charge in [0.2, 0.25) is 0 Å². The fourth-order valence-electron chi connectivity index (χ4n) is 4.03. The molecule has 0 aromatic heterocycles. The van der Waals surface area contributed by atoms with Gasteiger partial charge in [-0.2, -0.15) is 0 Å². The first-order chi connectivity index (χ1) is 10.1. The summed E-state index contributed by atoms with van der Waals surface area (Å²) in [6.07, 6.45) is 4.20. The van der Waals surface area contributed by atoms with E-state index in [-0.39, 0.29) is 35.7 Å². The summed E-state index contributed by atoms with van der Waals surface area (Å²) >= 11 is 0. The lowest BCUT2D eigenvalue weighted by Gasteiger charge is -2.50. The molecule has 2 aliphatic rings. The van der Waals surface area contributed by atoms with E-state index in [9.17, 15) is 5.11 Å². The minimum atomic E-state index is -0.508. The second-order valence-corrected chi connectivity index (χ2v) is 8.60. The summed E-state index contributed by atoms with van der Waals surface area (Å²) in [6, 6.07) is 0. The molecular weight excluding hydrogens is 280 g/mol. The van der Waals surface area contributed by atoms with E-state index in [1.807, 2.05) is 13.8 Å². The molecule has 1 saturated heterocycles. The number of fused-ring (bicyclic) bond motifs is 1.